The molecule has 3 aromatic rings. The molecular weight excluding hydrogens is 458 g/mol. The van der Waals surface area contributed by atoms with Gasteiger partial charge in [-0.05, 0) is 26.3 Å². The predicted octanol–water partition coefficient (Wildman–Crippen LogP) is 3.70. The van der Waals surface area contributed by atoms with Crippen molar-refractivity contribution in [1.82, 2.24) is 24.5 Å². The number of nitrogens with zero attached hydrogens (tertiary/aromatic N) is 6. The molecule has 4 rings (SSSR count). The molecule has 4 heterocycles. The maximum absolute atomic E-state index is 14.3. The highest BCUT2D eigenvalue weighted by molar-refractivity contribution is 5.79. The maximum atomic E-state index is 14.3. The first-order valence-corrected chi connectivity index (χ1v) is 10.7. The lowest BCUT2D eigenvalue weighted by Gasteiger charge is -2.33. The lowest BCUT2D eigenvalue weighted by atomic mass is 10.1. The zero-order valence-corrected chi connectivity index (χ0v) is 18.8. The van der Waals surface area contributed by atoms with Crippen LogP contribution in [0.5, 0.6) is 0 Å². The van der Waals surface area contributed by atoms with Crippen LogP contribution in [0.2, 0.25) is 0 Å². The Morgan fingerprint density at radius 3 is 2.62 bits per heavy atom. The molecule has 34 heavy (non-hydrogen) atoms. The molecule has 4 atom stereocenters. The van der Waals surface area contributed by atoms with Crippen LogP contribution < -0.4 is 10.2 Å². The number of methoxy groups -OCH3 is 1. The zero-order valence-electron chi connectivity index (χ0n) is 18.8. The Hall–Kier alpha value is -3.06. The van der Waals surface area contributed by atoms with Gasteiger partial charge >= 0.3 is 6.18 Å². The van der Waals surface area contributed by atoms with Crippen LogP contribution in [0.3, 0.4) is 0 Å². The van der Waals surface area contributed by atoms with Crippen LogP contribution in [0, 0.1) is 0 Å². The second-order valence-electron chi connectivity index (χ2n) is 8.18. The number of halogens is 4. The molecule has 0 aromatic carbocycles. The SMILES string of the molecule is COC1CCN(c2nccc(Nc3cc4c(cn3)nc(C(C)O)n4[C@@H](C)C(F)(F)F)n2)C[C@H]1F. The molecular formula is C21H25F4N7O2. The van der Waals surface area contributed by atoms with Crippen molar-refractivity contribution in [1.29, 1.82) is 0 Å². The molecule has 184 valence electrons. The van der Waals surface area contributed by atoms with Crippen molar-refractivity contribution in [3.63, 3.8) is 0 Å². The monoisotopic (exact) mass is 483 g/mol. The summed E-state index contributed by atoms with van der Waals surface area (Å²) < 4.78 is 60.9. The number of rotatable bonds is 6. The van der Waals surface area contributed by atoms with Gasteiger partial charge in [0.15, 0.2) is 0 Å². The number of aromatic nitrogens is 5. The molecule has 1 fully saturated rings. The molecule has 0 bridgehead atoms. The number of hydrogen-bond donors (Lipinski definition) is 2. The number of piperidine rings is 1. The second-order valence-corrected chi connectivity index (χ2v) is 8.18. The van der Waals surface area contributed by atoms with E-state index in [4.69, 9.17) is 4.74 Å². The number of ether oxygens (including phenoxy) is 1. The fourth-order valence-electron chi connectivity index (χ4n) is 3.97. The molecule has 0 saturated carbocycles. The molecule has 0 amide bonds. The van der Waals surface area contributed by atoms with Crippen molar-refractivity contribution in [3.8, 4) is 0 Å². The van der Waals surface area contributed by atoms with E-state index in [9.17, 15) is 22.7 Å². The number of nitrogens with one attached hydrogen (secondary N) is 1. The third kappa shape index (κ3) is 4.75. The molecule has 1 aliphatic rings. The van der Waals surface area contributed by atoms with Crippen LogP contribution in [0.25, 0.3) is 11.0 Å². The summed E-state index contributed by atoms with van der Waals surface area (Å²) in [6, 6.07) is 1.08. The molecule has 3 aromatic heterocycles. The van der Waals surface area contributed by atoms with E-state index >= 15 is 0 Å². The lowest BCUT2D eigenvalue weighted by molar-refractivity contribution is -0.163. The van der Waals surface area contributed by atoms with Crippen molar-refractivity contribution < 1.29 is 27.4 Å². The van der Waals surface area contributed by atoms with Gasteiger partial charge in [0.2, 0.25) is 5.95 Å². The Balaban J connectivity index is 1.62. The highest BCUT2D eigenvalue weighted by Crippen LogP contribution is 2.36. The first kappa shape index (κ1) is 24.1. The normalized spacial score (nSPS) is 21.0. The van der Waals surface area contributed by atoms with E-state index in [2.05, 4.69) is 25.3 Å². The summed E-state index contributed by atoms with van der Waals surface area (Å²) in [6.45, 7) is 2.96. The Morgan fingerprint density at radius 2 is 1.97 bits per heavy atom. The summed E-state index contributed by atoms with van der Waals surface area (Å²) in [5.74, 6) is 0.775. The zero-order chi connectivity index (χ0) is 24.6. The summed E-state index contributed by atoms with van der Waals surface area (Å²) in [5, 5.41) is 12.9. The van der Waals surface area contributed by atoms with E-state index < -0.39 is 30.6 Å². The molecule has 2 unspecified atom stereocenters. The predicted molar refractivity (Wildman–Crippen MR) is 117 cm³/mol. The molecule has 13 heteroatoms. The third-order valence-electron chi connectivity index (χ3n) is 5.80. The van der Waals surface area contributed by atoms with Gasteiger partial charge in [-0.1, -0.05) is 0 Å². The Morgan fingerprint density at radius 1 is 1.21 bits per heavy atom. The summed E-state index contributed by atoms with van der Waals surface area (Å²) in [4.78, 5) is 18.7. The van der Waals surface area contributed by atoms with Crippen molar-refractivity contribution in [2.24, 2.45) is 0 Å². The molecule has 0 spiro atoms. The van der Waals surface area contributed by atoms with Gasteiger partial charge in [0.25, 0.3) is 0 Å². The van der Waals surface area contributed by atoms with Gasteiger partial charge in [-0.2, -0.15) is 18.2 Å². The Bertz CT molecular complexity index is 1150. The average molecular weight is 483 g/mol. The van der Waals surface area contributed by atoms with Gasteiger partial charge in [-0.3, -0.25) is 0 Å². The minimum absolute atomic E-state index is 0.0861. The third-order valence-corrected chi connectivity index (χ3v) is 5.80. The second kappa shape index (κ2) is 9.29. The van der Waals surface area contributed by atoms with Crippen LogP contribution in [-0.4, -0.2) is 68.3 Å². The van der Waals surface area contributed by atoms with Gasteiger partial charge in [-0.25, -0.2) is 19.3 Å². The Kier molecular flexibility index (Phi) is 6.58. The molecule has 9 nitrogen and oxygen atoms in total. The number of alkyl halides is 4. The highest BCUT2D eigenvalue weighted by Gasteiger charge is 2.40. The molecule has 0 aliphatic carbocycles. The average Bonchev–Trinajstić information content (AvgIpc) is 3.17. The first-order valence-electron chi connectivity index (χ1n) is 10.7. The first-order chi connectivity index (χ1) is 16.1. The van der Waals surface area contributed by atoms with Gasteiger partial charge in [0.05, 0.1) is 24.4 Å². The fourth-order valence-corrected chi connectivity index (χ4v) is 3.97. The number of fused-ring (bicyclic) bond motifs is 1. The number of hydrogen-bond acceptors (Lipinski definition) is 8. The number of aliphatic hydroxyl groups excluding tert-OH is 1. The topological polar surface area (TPSA) is 101 Å². The van der Waals surface area contributed by atoms with E-state index in [1.54, 1.807) is 11.0 Å². The van der Waals surface area contributed by atoms with Gasteiger partial charge in [0.1, 0.15) is 41.3 Å². The van der Waals surface area contributed by atoms with E-state index in [1.165, 1.54) is 32.5 Å². The number of anilines is 3. The number of imidazole rings is 1. The molecule has 0 radical (unpaired) electrons. The maximum Gasteiger partial charge on any atom is 0.408 e. The van der Waals surface area contributed by atoms with Gasteiger partial charge in [-0.15, -0.1) is 0 Å². The molecule has 1 saturated heterocycles. The quantitative estimate of drug-likeness (QED) is 0.512. The summed E-state index contributed by atoms with van der Waals surface area (Å²) in [6.07, 6.45) is -4.08. The van der Waals surface area contributed by atoms with Crippen LogP contribution >= 0.6 is 0 Å². The summed E-state index contributed by atoms with van der Waals surface area (Å²) >= 11 is 0. The minimum atomic E-state index is -4.54. The van der Waals surface area contributed by atoms with Crippen molar-refractivity contribution in [2.75, 3.05) is 30.4 Å². The van der Waals surface area contributed by atoms with Crippen LogP contribution in [0.1, 0.15) is 38.2 Å². The van der Waals surface area contributed by atoms with Crippen LogP contribution in [0.4, 0.5) is 35.1 Å². The largest absolute Gasteiger partial charge is 0.408 e. The van der Waals surface area contributed by atoms with E-state index in [0.717, 1.165) is 11.5 Å². The summed E-state index contributed by atoms with van der Waals surface area (Å²) in [5.41, 5.74) is 0.380. The van der Waals surface area contributed by atoms with Gasteiger partial charge in [0, 0.05) is 25.9 Å². The van der Waals surface area contributed by atoms with Crippen molar-refractivity contribution in [2.45, 2.75) is 50.9 Å². The minimum Gasteiger partial charge on any atom is -0.385 e. The number of pyridine rings is 1. The highest BCUT2D eigenvalue weighted by atomic mass is 19.4. The van der Waals surface area contributed by atoms with Crippen LogP contribution in [0.15, 0.2) is 24.5 Å². The lowest BCUT2D eigenvalue weighted by Crippen LogP contribution is -2.46. The smallest absolute Gasteiger partial charge is 0.385 e. The summed E-state index contributed by atoms with van der Waals surface area (Å²) in [7, 11) is 1.48. The van der Waals surface area contributed by atoms with Crippen molar-refractivity contribution >= 4 is 28.6 Å². The van der Waals surface area contributed by atoms with E-state index in [1.807, 2.05) is 0 Å². The van der Waals surface area contributed by atoms with Crippen LogP contribution in [-0.2, 0) is 4.74 Å². The Labute approximate surface area is 192 Å². The fraction of sp³-hybridized carbons (Fsp3) is 0.524. The molecule has 2 N–H and O–H groups in total. The van der Waals surface area contributed by atoms with E-state index in [-0.39, 0.29) is 29.2 Å². The van der Waals surface area contributed by atoms with Crippen molar-refractivity contribution in [3.05, 3.63) is 30.4 Å². The molecule has 1 aliphatic heterocycles. The van der Waals surface area contributed by atoms with E-state index in [0.29, 0.717) is 24.7 Å². The van der Waals surface area contributed by atoms with Gasteiger partial charge < -0.3 is 24.6 Å². The number of aliphatic hydroxyl groups is 1. The standard InChI is InChI=1S/C21H25F4N7O2/c1-11(33)19-28-14-9-27-18(8-15(14)32(19)12(2)21(23,24)25)29-17-4-6-26-20(30-17)31-7-5-16(34-3)13(22)10-31/h4,6,8-9,11-13,16,33H,5,7,10H2,1-3H3,(H,26,27,29,30)/t11?,12-,13+,16?/m0/s1.